The van der Waals surface area contributed by atoms with E-state index in [1.807, 2.05) is 20.1 Å². The molecule has 0 aliphatic heterocycles. The van der Waals surface area contributed by atoms with Crippen LogP contribution in [0.1, 0.15) is 33.7 Å². The highest BCUT2D eigenvalue weighted by atomic mass is 32.2. The van der Waals surface area contributed by atoms with Crippen LogP contribution in [0, 0.1) is 13.8 Å². The van der Waals surface area contributed by atoms with Gasteiger partial charge in [0.25, 0.3) is 5.91 Å². The molecular formula is C20H24N4O4S. The number of rotatable bonds is 8. The van der Waals surface area contributed by atoms with E-state index in [0.29, 0.717) is 24.1 Å². The van der Waals surface area contributed by atoms with E-state index in [4.69, 9.17) is 0 Å². The number of anilines is 1. The summed E-state index contributed by atoms with van der Waals surface area (Å²) in [4.78, 5) is 44.1. The number of carbonyl (C=O) groups is 3. The number of hydrogen-bond donors (Lipinski definition) is 2. The van der Waals surface area contributed by atoms with E-state index >= 15 is 0 Å². The Balaban J connectivity index is 1.90. The minimum atomic E-state index is -0.527. The number of benzene rings is 1. The van der Waals surface area contributed by atoms with Crippen LogP contribution in [0.2, 0.25) is 0 Å². The summed E-state index contributed by atoms with van der Waals surface area (Å²) >= 11 is 1.49. The summed E-state index contributed by atoms with van der Waals surface area (Å²) in [6.07, 6.45) is 2.77. The molecule has 0 spiro atoms. The fraction of sp³-hybridized carbons (Fsp3) is 0.350. The number of nitrogens with one attached hydrogen (secondary N) is 2. The lowest BCUT2D eigenvalue weighted by Gasteiger charge is -2.10. The van der Waals surface area contributed by atoms with Crippen molar-refractivity contribution in [2.24, 2.45) is 0 Å². The molecular weight excluding hydrogens is 392 g/mol. The Hall–Kier alpha value is -2.94. The number of esters is 1. The predicted molar refractivity (Wildman–Crippen MR) is 111 cm³/mol. The monoisotopic (exact) mass is 416 g/mol. The molecule has 0 aliphatic rings. The van der Waals surface area contributed by atoms with Crippen LogP contribution in [0.3, 0.4) is 0 Å². The normalized spacial score (nSPS) is 10.3. The molecule has 0 radical (unpaired) electrons. The zero-order valence-corrected chi connectivity index (χ0v) is 17.7. The van der Waals surface area contributed by atoms with Crippen molar-refractivity contribution in [3.8, 4) is 0 Å². The fourth-order valence-corrected chi connectivity index (χ4v) is 3.11. The third-order valence-electron chi connectivity index (χ3n) is 4.24. The molecule has 1 heterocycles. The maximum absolute atomic E-state index is 12.3. The number of thioether (sulfide) groups is 1. The summed E-state index contributed by atoms with van der Waals surface area (Å²) in [5.74, 6) is -1.06. The van der Waals surface area contributed by atoms with Crippen LogP contribution < -0.4 is 10.6 Å². The van der Waals surface area contributed by atoms with Crippen molar-refractivity contribution in [1.82, 2.24) is 15.3 Å². The van der Waals surface area contributed by atoms with Gasteiger partial charge in [0, 0.05) is 29.1 Å². The number of amides is 2. The van der Waals surface area contributed by atoms with Gasteiger partial charge in [-0.2, -0.15) is 0 Å². The second-order valence-electron chi connectivity index (χ2n) is 6.24. The number of methoxy groups -OCH3 is 1. The number of aromatic nitrogens is 2. The minimum absolute atomic E-state index is 0.138. The van der Waals surface area contributed by atoms with Crippen LogP contribution in [0.15, 0.2) is 29.4 Å². The van der Waals surface area contributed by atoms with Crippen LogP contribution in [0.25, 0.3) is 0 Å². The Morgan fingerprint density at radius 1 is 1.07 bits per heavy atom. The Morgan fingerprint density at radius 2 is 1.69 bits per heavy atom. The van der Waals surface area contributed by atoms with Crippen LogP contribution in [-0.2, 0) is 20.7 Å². The highest BCUT2D eigenvalue weighted by molar-refractivity contribution is 7.98. The van der Waals surface area contributed by atoms with E-state index in [9.17, 15) is 14.4 Å². The number of aryl methyl sites for hydroxylation is 2. The van der Waals surface area contributed by atoms with E-state index in [1.54, 1.807) is 24.3 Å². The van der Waals surface area contributed by atoms with Gasteiger partial charge in [-0.05, 0) is 56.4 Å². The summed E-state index contributed by atoms with van der Waals surface area (Å²) in [6.45, 7) is 3.64. The lowest BCUT2D eigenvalue weighted by Crippen LogP contribution is -2.30. The fourth-order valence-electron chi connectivity index (χ4n) is 2.66. The quantitative estimate of drug-likeness (QED) is 0.386. The second-order valence-corrected chi connectivity index (χ2v) is 7.02. The molecule has 8 nitrogen and oxygen atoms in total. The first-order valence-corrected chi connectivity index (χ1v) is 10.2. The zero-order valence-electron chi connectivity index (χ0n) is 16.9. The summed E-state index contributed by atoms with van der Waals surface area (Å²) in [5.41, 5.74) is 3.72. The molecule has 1 aromatic carbocycles. The van der Waals surface area contributed by atoms with E-state index in [1.165, 1.54) is 18.9 Å². The molecule has 2 rings (SSSR count). The van der Waals surface area contributed by atoms with Crippen molar-refractivity contribution < 1.29 is 19.1 Å². The van der Waals surface area contributed by atoms with Gasteiger partial charge in [-0.15, -0.1) is 0 Å². The van der Waals surface area contributed by atoms with Gasteiger partial charge in [0.15, 0.2) is 5.16 Å². The summed E-state index contributed by atoms with van der Waals surface area (Å²) in [5, 5.41) is 5.99. The molecule has 154 valence electrons. The standard InChI is InChI=1S/C20H24N4O4S/c1-12-16(13(2)23-20(22-12)29-4)9-10-17(25)24-15-7-5-14(6-8-15)19(27)21-11-18(26)28-3/h5-8H,9-11H2,1-4H3,(H,21,27)(H,24,25). The van der Waals surface area contributed by atoms with Crippen molar-refractivity contribution in [1.29, 1.82) is 0 Å². The van der Waals surface area contributed by atoms with Crippen LogP contribution in [0.4, 0.5) is 5.69 Å². The Kier molecular flexibility index (Phi) is 8.14. The highest BCUT2D eigenvalue weighted by Crippen LogP contribution is 2.17. The number of carbonyl (C=O) groups excluding carboxylic acids is 3. The predicted octanol–water partition coefficient (Wildman–Crippen LogP) is 2.29. The Morgan fingerprint density at radius 3 is 2.24 bits per heavy atom. The first-order valence-electron chi connectivity index (χ1n) is 8.97. The molecule has 2 amide bonds. The minimum Gasteiger partial charge on any atom is -0.468 e. The molecule has 0 unspecified atom stereocenters. The molecule has 1 aromatic heterocycles. The van der Waals surface area contributed by atoms with Gasteiger partial charge in [0.05, 0.1) is 7.11 Å². The molecule has 2 N–H and O–H groups in total. The van der Waals surface area contributed by atoms with Crippen LogP contribution in [-0.4, -0.2) is 47.7 Å². The first kappa shape index (κ1) is 22.4. The maximum atomic E-state index is 12.3. The zero-order chi connectivity index (χ0) is 21.4. The SMILES string of the molecule is COC(=O)CNC(=O)c1ccc(NC(=O)CCc2c(C)nc(SC)nc2C)cc1. The Bertz CT molecular complexity index is 877. The van der Waals surface area contributed by atoms with E-state index in [-0.39, 0.29) is 12.5 Å². The second kappa shape index (κ2) is 10.6. The van der Waals surface area contributed by atoms with Crippen molar-refractivity contribution in [2.45, 2.75) is 31.8 Å². The van der Waals surface area contributed by atoms with Crippen molar-refractivity contribution in [3.05, 3.63) is 46.8 Å². The molecule has 0 bridgehead atoms. The molecule has 0 saturated heterocycles. The largest absolute Gasteiger partial charge is 0.468 e. The smallest absolute Gasteiger partial charge is 0.325 e. The summed E-state index contributed by atoms with van der Waals surface area (Å²) in [6, 6.07) is 6.42. The van der Waals surface area contributed by atoms with Gasteiger partial charge < -0.3 is 15.4 Å². The van der Waals surface area contributed by atoms with Crippen LogP contribution >= 0.6 is 11.8 Å². The maximum Gasteiger partial charge on any atom is 0.325 e. The highest BCUT2D eigenvalue weighted by Gasteiger charge is 2.12. The topological polar surface area (TPSA) is 110 Å². The lowest BCUT2D eigenvalue weighted by atomic mass is 10.1. The molecule has 0 aliphatic carbocycles. The summed E-state index contributed by atoms with van der Waals surface area (Å²) < 4.78 is 4.47. The van der Waals surface area contributed by atoms with Gasteiger partial charge in [0.1, 0.15) is 6.54 Å². The number of nitrogens with zero attached hydrogens (tertiary/aromatic N) is 2. The van der Waals surface area contributed by atoms with Gasteiger partial charge in [-0.25, -0.2) is 9.97 Å². The average molecular weight is 417 g/mol. The van der Waals surface area contributed by atoms with E-state index in [0.717, 1.165) is 22.1 Å². The van der Waals surface area contributed by atoms with E-state index in [2.05, 4.69) is 25.3 Å². The van der Waals surface area contributed by atoms with Gasteiger partial charge in [-0.1, -0.05) is 11.8 Å². The molecule has 0 fully saturated rings. The van der Waals surface area contributed by atoms with Gasteiger partial charge >= 0.3 is 5.97 Å². The average Bonchev–Trinajstić information content (AvgIpc) is 2.71. The molecule has 0 saturated carbocycles. The number of hydrogen-bond acceptors (Lipinski definition) is 7. The molecule has 2 aromatic rings. The third-order valence-corrected chi connectivity index (χ3v) is 4.78. The van der Waals surface area contributed by atoms with Crippen molar-refractivity contribution in [2.75, 3.05) is 25.2 Å². The Labute approximate surface area is 173 Å². The molecule has 0 atom stereocenters. The van der Waals surface area contributed by atoms with Gasteiger partial charge in [-0.3, -0.25) is 14.4 Å². The number of ether oxygens (including phenoxy) is 1. The molecule has 9 heteroatoms. The van der Waals surface area contributed by atoms with E-state index < -0.39 is 11.9 Å². The van der Waals surface area contributed by atoms with Crippen LogP contribution in [0.5, 0.6) is 0 Å². The first-order chi connectivity index (χ1) is 13.8. The lowest BCUT2D eigenvalue weighted by molar-refractivity contribution is -0.139. The van der Waals surface area contributed by atoms with Gasteiger partial charge in [0.2, 0.25) is 5.91 Å². The molecule has 29 heavy (non-hydrogen) atoms. The van der Waals surface area contributed by atoms with Crippen molar-refractivity contribution in [3.63, 3.8) is 0 Å². The third kappa shape index (κ3) is 6.56. The summed E-state index contributed by atoms with van der Waals surface area (Å²) in [7, 11) is 1.25. The van der Waals surface area contributed by atoms with Crippen molar-refractivity contribution >= 4 is 35.2 Å².